The Labute approximate surface area is 118 Å². The molecule has 19 heavy (non-hydrogen) atoms. The largest absolute Gasteiger partial charge is 0.383 e. The lowest BCUT2D eigenvalue weighted by Gasteiger charge is -2.15. The molecular formula is C14H21N3OS. The number of hydrogen-bond acceptors (Lipinski definition) is 4. The summed E-state index contributed by atoms with van der Waals surface area (Å²) in [6.07, 6.45) is 2.09. The fraction of sp³-hybridized carbons (Fsp3) is 0.500. The molecule has 1 N–H and O–H groups in total. The number of nitrogens with one attached hydrogen (secondary N) is 1. The van der Waals surface area contributed by atoms with Crippen LogP contribution in [0.4, 0.5) is 5.95 Å². The van der Waals surface area contributed by atoms with E-state index in [1.54, 1.807) is 7.11 Å². The van der Waals surface area contributed by atoms with Gasteiger partial charge in [0.2, 0.25) is 5.95 Å². The molecule has 104 valence electrons. The molecule has 5 heteroatoms. The lowest BCUT2D eigenvalue weighted by molar-refractivity contribution is 0.210. The van der Waals surface area contributed by atoms with Crippen LogP contribution < -0.4 is 5.32 Å². The number of hydrogen-bond donors (Lipinski definition) is 1. The molecule has 0 aliphatic rings. The van der Waals surface area contributed by atoms with Gasteiger partial charge in [-0.2, -0.15) is 0 Å². The third-order valence-electron chi connectivity index (χ3n) is 3.03. The smallest absolute Gasteiger partial charge is 0.203 e. The Morgan fingerprint density at radius 2 is 2.21 bits per heavy atom. The quantitative estimate of drug-likeness (QED) is 0.825. The van der Waals surface area contributed by atoms with Gasteiger partial charge in [-0.15, -0.1) is 11.3 Å². The number of imidazole rings is 1. The molecule has 0 saturated heterocycles. The molecular weight excluding hydrogens is 258 g/mol. The predicted octanol–water partition coefficient (Wildman–Crippen LogP) is 3.23. The Morgan fingerprint density at radius 1 is 1.42 bits per heavy atom. The van der Waals surface area contributed by atoms with E-state index in [9.17, 15) is 0 Å². The van der Waals surface area contributed by atoms with E-state index in [1.807, 2.05) is 18.3 Å². The molecule has 0 aliphatic heterocycles. The number of anilines is 1. The van der Waals surface area contributed by atoms with E-state index in [-0.39, 0.29) is 0 Å². The summed E-state index contributed by atoms with van der Waals surface area (Å²) in [5.74, 6) is 0.910. The molecule has 0 aliphatic carbocycles. The molecule has 1 unspecified atom stereocenters. The molecule has 0 saturated carbocycles. The number of aryl methyl sites for hydroxylation is 2. The maximum atomic E-state index is 5.06. The standard InChI is InChI=1S/C14H21N3OS/c1-10-9-17(14(16-10)15-7-8-18-4)12(3)13-6-5-11(2)19-13/h5-6,9,12H,7-8H2,1-4H3,(H,15,16). The minimum atomic E-state index is 0.296. The topological polar surface area (TPSA) is 39.1 Å². The van der Waals surface area contributed by atoms with Gasteiger partial charge in [-0.1, -0.05) is 0 Å². The highest BCUT2D eigenvalue weighted by atomic mass is 32.1. The van der Waals surface area contributed by atoms with E-state index in [0.717, 1.165) is 18.2 Å². The summed E-state index contributed by atoms with van der Waals surface area (Å²) in [5, 5.41) is 3.32. The second-order valence-corrected chi connectivity index (χ2v) is 5.98. The molecule has 2 aromatic heterocycles. The molecule has 0 radical (unpaired) electrons. The second kappa shape index (κ2) is 6.21. The number of rotatable bonds is 6. The van der Waals surface area contributed by atoms with Gasteiger partial charge in [-0.3, -0.25) is 0 Å². The third-order valence-corrected chi connectivity index (χ3v) is 4.20. The molecule has 0 spiro atoms. The van der Waals surface area contributed by atoms with Gasteiger partial charge in [0, 0.05) is 29.6 Å². The Morgan fingerprint density at radius 3 is 2.84 bits per heavy atom. The van der Waals surface area contributed by atoms with E-state index in [4.69, 9.17) is 4.74 Å². The van der Waals surface area contributed by atoms with Crippen molar-refractivity contribution in [3.63, 3.8) is 0 Å². The lowest BCUT2D eigenvalue weighted by Crippen LogP contribution is -2.14. The first-order valence-electron chi connectivity index (χ1n) is 6.46. The normalized spacial score (nSPS) is 12.6. The number of ether oxygens (including phenoxy) is 1. The lowest BCUT2D eigenvalue weighted by atomic mass is 10.2. The van der Waals surface area contributed by atoms with Gasteiger partial charge in [0.25, 0.3) is 0 Å². The van der Waals surface area contributed by atoms with Crippen molar-refractivity contribution < 1.29 is 4.74 Å². The van der Waals surface area contributed by atoms with E-state index in [2.05, 4.69) is 47.0 Å². The van der Waals surface area contributed by atoms with Crippen LogP contribution in [0.15, 0.2) is 18.3 Å². The fourth-order valence-electron chi connectivity index (χ4n) is 2.02. The van der Waals surface area contributed by atoms with E-state index >= 15 is 0 Å². The minimum Gasteiger partial charge on any atom is -0.383 e. The van der Waals surface area contributed by atoms with Crippen LogP contribution in [0.5, 0.6) is 0 Å². The Hall–Kier alpha value is -1.33. The summed E-state index contributed by atoms with van der Waals surface area (Å²) < 4.78 is 7.25. The van der Waals surface area contributed by atoms with E-state index in [1.165, 1.54) is 9.75 Å². The van der Waals surface area contributed by atoms with Crippen molar-refractivity contribution in [2.75, 3.05) is 25.6 Å². The number of aromatic nitrogens is 2. The number of methoxy groups -OCH3 is 1. The predicted molar refractivity (Wildman–Crippen MR) is 80.2 cm³/mol. The zero-order valence-electron chi connectivity index (χ0n) is 11.9. The summed E-state index contributed by atoms with van der Waals surface area (Å²) in [7, 11) is 1.70. The van der Waals surface area contributed by atoms with Gasteiger partial charge >= 0.3 is 0 Å². The van der Waals surface area contributed by atoms with E-state index in [0.29, 0.717) is 12.6 Å². The maximum absolute atomic E-state index is 5.06. The van der Waals surface area contributed by atoms with Gasteiger partial charge in [-0.25, -0.2) is 4.98 Å². The number of thiophene rings is 1. The highest BCUT2D eigenvalue weighted by molar-refractivity contribution is 7.12. The highest BCUT2D eigenvalue weighted by Gasteiger charge is 2.14. The zero-order valence-corrected chi connectivity index (χ0v) is 12.8. The maximum Gasteiger partial charge on any atom is 0.203 e. The molecule has 0 fully saturated rings. The van der Waals surface area contributed by atoms with Crippen LogP contribution in [0.3, 0.4) is 0 Å². The van der Waals surface area contributed by atoms with Crippen molar-refractivity contribution >= 4 is 17.3 Å². The van der Waals surface area contributed by atoms with Crippen molar-refractivity contribution in [3.8, 4) is 0 Å². The Balaban J connectivity index is 2.18. The second-order valence-electron chi connectivity index (χ2n) is 4.66. The molecule has 2 rings (SSSR count). The zero-order chi connectivity index (χ0) is 13.8. The molecule has 1 atom stereocenters. The summed E-state index contributed by atoms with van der Waals surface area (Å²) in [5.41, 5.74) is 1.03. The SMILES string of the molecule is COCCNc1nc(C)cn1C(C)c1ccc(C)s1. The van der Waals surface area contributed by atoms with Gasteiger partial charge < -0.3 is 14.6 Å². The first-order chi connectivity index (χ1) is 9.11. The Bertz CT molecular complexity index is 533. The number of nitrogens with zero attached hydrogens (tertiary/aromatic N) is 2. The van der Waals surface area contributed by atoms with Crippen molar-refractivity contribution in [2.24, 2.45) is 0 Å². The Kier molecular flexibility index (Phi) is 4.61. The monoisotopic (exact) mass is 279 g/mol. The van der Waals surface area contributed by atoms with Crippen LogP contribution in [-0.2, 0) is 4.74 Å². The van der Waals surface area contributed by atoms with Crippen molar-refractivity contribution in [2.45, 2.75) is 26.8 Å². The molecule has 2 aromatic rings. The van der Waals surface area contributed by atoms with Crippen molar-refractivity contribution in [3.05, 3.63) is 33.8 Å². The van der Waals surface area contributed by atoms with Gasteiger partial charge in [0.05, 0.1) is 18.3 Å². The van der Waals surface area contributed by atoms with Crippen LogP contribution >= 0.6 is 11.3 Å². The average molecular weight is 279 g/mol. The molecule has 2 heterocycles. The summed E-state index contributed by atoms with van der Waals surface area (Å²) in [6, 6.07) is 4.65. The summed E-state index contributed by atoms with van der Waals surface area (Å²) in [6.45, 7) is 7.80. The molecule has 0 bridgehead atoms. The third kappa shape index (κ3) is 3.36. The van der Waals surface area contributed by atoms with Gasteiger partial charge in [-0.05, 0) is 32.9 Å². The van der Waals surface area contributed by atoms with Gasteiger partial charge in [0.1, 0.15) is 0 Å². The molecule has 0 aromatic carbocycles. The van der Waals surface area contributed by atoms with Crippen molar-refractivity contribution in [1.29, 1.82) is 0 Å². The molecule has 4 nitrogen and oxygen atoms in total. The summed E-state index contributed by atoms with van der Waals surface area (Å²) in [4.78, 5) is 7.23. The van der Waals surface area contributed by atoms with Crippen LogP contribution in [0.1, 0.15) is 28.4 Å². The van der Waals surface area contributed by atoms with Crippen LogP contribution in [0.25, 0.3) is 0 Å². The highest BCUT2D eigenvalue weighted by Crippen LogP contribution is 2.28. The molecule has 0 amide bonds. The summed E-state index contributed by atoms with van der Waals surface area (Å²) >= 11 is 1.84. The van der Waals surface area contributed by atoms with E-state index < -0.39 is 0 Å². The fourth-order valence-corrected chi connectivity index (χ4v) is 2.95. The average Bonchev–Trinajstić information content (AvgIpc) is 2.95. The van der Waals surface area contributed by atoms with Crippen LogP contribution in [0.2, 0.25) is 0 Å². The van der Waals surface area contributed by atoms with Crippen molar-refractivity contribution in [1.82, 2.24) is 9.55 Å². The van der Waals surface area contributed by atoms with Crippen LogP contribution in [0, 0.1) is 13.8 Å². The minimum absolute atomic E-state index is 0.296. The van der Waals surface area contributed by atoms with Gasteiger partial charge in [0.15, 0.2) is 0 Å². The van der Waals surface area contributed by atoms with Crippen LogP contribution in [-0.4, -0.2) is 29.8 Å². The first kappa shape index (κ1) is 14.1. The first-order valence-corrected chi connectivity index (χ1v) is 7.28.